The van der Waals surface area contributed by atoms with Crippen LogP contribution in [0.25, 0.3) is 0 Å². The van der Waals surface area contributed by atoms with Gasteiger partial charge in [0.25, 0.3) is 5.91 Å². The molecule has 0 spiro atoms. The number of carbonyl (C=O) groups is 4. The minimum atomic E-state index is -1.22. The lowest BCUT2D eigenvalue weighted by molar-refractivity contribution is -0.133. The average Bonchev–Trinajstić information content (AvgIpc) is 2.94. The number of nitrogens with zero attached hydrogens (tertiary/aromatic N) is 1. The maximum absolute atomic E-state index is 13.0. The molecule has 0 aliphatic carbocycles. The molecule has 8 nitrogen and oxygen atoms in total. The second-order valence-corrected chi connectivity index (χ2v) is 7.70. The average molecular weight is 422 g/mol. The zero-order valence-corrected chi connectivity index (χ0v) is 17.8. The van der Waals surface area contributed by atoms with Crippen LogP contribution in [0.15, 0.2) is 48.5 Å². The highest BCUT2D eigenvalue weighted by atomic mass is 16.2. The number of nitrogens with one attached hydrogen (secondary N) is 3. The normalized spacial score (nSPS) is 18.0. The third-order valence-corrected chi connectivity index (χ3v) is 5.14. The summed E-state index contributed by atoms with van der Waals surface area (Å²) in [5.41, 5.74) is 1.69. The van der Waals surface area contributed by atoms with E-state index in [1.54, 1.807) is 31.2 Å². The van der Waals surface area contributed by atoms with E-state index in [4.69, 9.17) is 0 Å². The molecule has 3 N–H and O–H groups in total. The fraction of sp³-hybridized carbons (Fsp3) is 0.304. The molecule has 3 rings (SSSR count). The third kappa shape index (κ3) is 4.91. The van der Waals surface area contributed by atoms with Crippen LogP contribution in [0.3, 0.4) is 0 Å². The molecule has 1 aliphatic rings. The molecule has 8 heteroatoms. The molecule has 0 saturated carbocycles. The Morgan fingerprint density at radius 2 is 1.55 bits per heavy atom. The Morgan fingerprint density at radius 3 is 2.10 bits per heavy atom. The van der Waals surface area contributed by atoms with Crippen molar-refractivity contribution in [3.8, 4) is 0 Å². The van der Waals surface area contributed by atoms with Crippen LogP contribution in [0.5, 0.6) is 0 Å². The van der Waals surface area contributed by atoms with Crippen LogP contribution in [0.4, 0.5) is 16.2 Å². The van der Waals surface area contributed by atoms with Crippen molar-refractivity contribution in [1.82, 2.24) is 10.2 Å². The Bertz CT molecular complexity index is 1000. The Balaban J connectivity index is 1.66. The summed E-state index contributed by atoms with van der Waals surface area (Å²) in [5, 5.41) is 8.00. The van der Waals surface area contributed by atoms with E-state index in [2.05, 4.69) is 22.9 Å². The van der Waals surface area contributed by atoms with Gasteiger partial charge in [-0.2, -0.15) is 0 Å². The molecule has 1 aliphatic heterocycles. The maximum Gasteiger partial charge on any atom is 0.325 e. The predicted octanol–water partition coefficient (Wildman–Crippen LogP) is 3.00. The zero-order chi connectivity index (χ0) is 22.6. The molecule has 1 unspecified atom stereocenters. The van der Waals surface area contributed by atoms with Crippen molar-refractivity contribution in [1.29, 1.82) is 0 Å². The number of carbonyl (C=O) groups excluding carboxylic acids is 4. The fourth-order valence-electron chi connectivity index (χ4n) is 3.51. The topological polar surface area (TPSA) is 108 Å². The van der Waals surface area contributed by atoms with Crippen molar-refractivity contribution in [2.75, 3.05) is 17.2 Å². The SMILES string of the molecule is CCCc1ccc(C2(C)NC(=O)N(CC(=O)Nc3ccc(NC(C)=O)cc3)C2=O)cc1. The molecule has 0 bridgehead atoms. The Morgan fingerprint density at radius 1 is 0.968 bits per heavy atom. The number of hydrogen-bond acceptors (Lipinski definition) is 4. The number of urea groups is 1. The molecule has 2 aromatic carbocycles. The van der Waals surface area contributed by atoms with Gasteiger partial charge in [-0.3, -0.25) is 19.3 Å². The molecular formula is C23H26N4O4. The summed E-state index contributed by atoms with van der Waals surface area (Å²) in [4.78, 5) is 49.9. The second kappa shape index (κ2) is 8.99. The van der Waals surface area contributed by atoms with E-state index in [0.29, 0.717) is 16.9 Å². The van der Waals surface area contributed by atoms with Crippen LogP contribution in [0, 0.1) is 0 Å². The predicted molar refractivity (Wildman–Crippen MR) is 117 cm³/mol. The van der Waals surface area contributed by atoms with Gasteiger partial charge in [0.2, 0.25) is 11.8 Å². The van der Waals surface area contributed by atoms with Crippen LogP contribution in [0.2, 0.25) is 0 Å². The molecule has 162 valence electrons. The minimum Gasteiger partial charge on any atom is -0.326 e. The van der Waals surface area contributed by atoms with Crippen molar-refractivity contribution in [3.05, 3.63) is 59.7 Å². The van der Waals surface area contributed by atoms with Gasteiger partial charge >= 0.3 is 6.03 Å². The molecule has 1 heterocycles. The number of aryl methyl sites for hydroxylation is 1. The Labute approximate surface area is 181 Å². The van der Waals surface area contributed by atoms with E-state index >= 15 is 0 Å². The standard InChI is InChI=1S/C23H26N4O4/c1-4-5-16-6-8-17(9-7-16)23(3)21(30)27(22(31)26-23)14-20(29)25-19-12-10-18(11-13-19)24-15(2)28/h6-13H,4-5,14H2,1-3H3,(H,24,28)(H,25,29)(H,26,31). The van der Waals surface area contributed by atoms with Crippen molar-refractivity contribution in [2.24, 2.45) is 0 Å². The van der Waals surface area contributed by atoms with Crippen molar-refractivity contribution >= 4 is 35.1 Å². The largest absolute Gasteiger partial charge is 0.326 e. The number of rotatable bonds is 7. The third-order valence-electron chi connectivity index (χ3n) is 5.14. The molecule has 1 saturated heterocycles. The van der Waals surface area contributed by atoms with Gasteiger partial charge in [-0.05, 0) is 48.7 Å². The Kier molecular flexibility index (Phi) is 6.39. The number of benzene rings is 2. The van der Waals surface area contributed by atoms with Gasteiger partial charge in [-0.15, -0.1) is 0 Å². The van der Waals surface area contributed by atoms with E-state index < -0.39 is 29.9 Å². The van der Waals surface area contributed by atoms with Gasteiger partial charge in [-0.1, -0.05) is 37.6 Å². The molecular weight excluding hydrogens is 396 g/mol. The van der Waals surface area contributed by atoms with Gasteiger partial charge in [-0.25, -0.2) is 4.79 Å². The first kappa shape index (κ1) is 22.0. The second-order valence-electron chi connectivity index (χ2n) is 7.70. The Hall–Kier alpha value is -3.68. The molecule has 0 aromatic heterocycles. The van der Waals surface area contributed by atoms with Gasteiger partial charge < -0.3 is 16.0 Å². The van der Waals surface area contributed by atoms with Crippen LogP contribution in [0.1, 0.15) is 38.3 Å². The first-order valence-electron chi connectivity index (χ1n) is 10.1. The van der Waals surface area contributed by atoms with E-state index in [0.717, 1.165) is 23.3 Å². The summed E-state index contributed by atoms with van der Waals surface area (Å²) in [6, 6.07) is 13.5. The van der Waals surface area contributed by atoms with Gasteiger partial charge in [0, 0.05) is 18.3 Å². The molecule has 2 aromatic rings. The smallest absolute Gasteiger partial charge is 0.325 e. The molecule has 0 radical (unpaired) electrons. The summed E-state index contributed by atoms with van der Waals surface area (Å²) in [6.45, 7) is 4.74. The first-order valence-corrected chi connectivity index (χ1v) is 10.1. The van der Waals surface area contributed by atoms with Crippen LogP contribution >= 0.6 is 0 Å². The summed E-state index contributed by atoms with van der Waals surface area (Å²) in [6.07, 6.45) is 1.96. The lowest BCUT2D eigenvalue weighted by Crippen LogP contribution is -2.42. The van der Waals surface area contributed by atoms with E-state index in [9.17, 15) is 19.2 Å². The summed E-state index contributed by atoms with van der Waals surface area (Å²) < 4.78 is 0. The highest BCUT2D eigenvalue weighted by molar-refractivity contribution is 6.10. The number of anilines is 2. The minimum absolute atomic E-state index is 0.196. The summed E-state index contributed by atoms with van der Waals surface area (Å²) in [7, 11) is 0. The molecule has 1 atom stereocenters. The van der Waals surface area contributed by atoms with Crippen LogP contribution < -0.4 is 16.0 Å². The van der Waals surface area contributed by atoms with Crippen LogP contribution in [-0.4, -0.2) is 35.2 Å². The number of hydrogen-bond donors (Lipinski definition) is 3. The maximum atomic E-state index is 13.0. The van der Waals surface area contributed by atoms with Crippen molar-refractivity contribution in [3.63, 3.8) is 0 Å². The summed E-state index contributed by atoms with van der Waals surface area (Å²) >= 11 is 0. The fourth-order valence-corrected chi connectivity index (χ4v) is 3.51. The highest BCUT2D eigenvalue weighted by Gasteiger charge is 2.49. The first-order chi connectivity index (χ1) is 14.7. The van der Waals surface area contributed by atoms with Gasteiger partial charge in [0.05, 0.1) is 0 Å². The monoisotopic (exact) mass is 422 g/mol. The van der Waals surface area contributed by atoms with E-state index in [1.165, 1.54) is 6.92 Å². The molecule has 1 fully saturated rings. The van der Waals surface area contributed by atoms with Gasteiger partial charge in [0.15, 0.2) is 0 Å². The lowest BCUT2D eigenvalue weighted by atomic mass is 9.91. The van der Waals surface area contributed by atoms with E-state index in [-0.39, 0.29) is 5.91 Å². The number of amides is 5. The quantitative estimate of drug-likeness (QED) is 0.596. The van der Waals surface area contributed by atoms with Crippen LogP contribution in [-0.2, 0) is 26.3 Å². The molecule has 31 heavy (non-hydrogen) atoms. The van der Waals surface area contributed by atoms with Crippen molar-refractivity contribution < 1.29 is 19.2 Å². The zero-order valence-electron chi connectivity index (χ0n) is 17.8. The lowest BCUT2D eigenvalue weighted by Gasteiger charge is -2.22. The van der Waals surface area contributed by atoms with Gasteiger partial charge in [0.1, 0.15) is 12.1 Å². The summed E-state index contributed by atoms with van der Waals surface area (Å²) in [5.74, 6) is -1.17. The molecule has 5 amide bonds. The number of imide groups is 1. The highest BCUT2D eigenvalue weighted by Crippen LogP contribution is 2.29. The van der Waals surface area contributed by atoms with E-state index in [1.807, 2.05) is 24.3 Å². The van der Waals surface area contributed by atoms with Crippen molar-refractivity contribution in [2.45, 2.75) is 39.2 Å².